The fourth-order valence-corrected chi connectivity index (χ4v) is 4.84. The number of rotatable bonds is 5. The first-order chi connectivity index (χ1) is 17.7. The van der Waals surface area contributed by atoms with E-state index in [0.29, 0.717) is 31.7 Å². The van der Waals surface area contributed by atoms with Crippen LogP contribution in [0, 0.1) is 5.82 Å². The van der Waals surface area contributed by atoms with Crippen molar-refractivity contribution in [2.45, 2.75) is 24.7 Å². The van der Waals surface area contributed by atoms with Gasteiger partial charge >= 0.3 is 6.18 Å². The van der Waals surface area contributed by atoms with Crippen molar-refractivity contribution in [1.29, 1.82) is 0 Å². The number of hydrogen-bond acceptors (Lipinski definition) is 3. The number of amides is 2. The van der Waals surface area contributed by atoms with E-state index in [-0.39, 0.29) is 34.7 Å². The zero-order chi connectivity index (χ0) is 26.2. The van der Waals surface area contributed by atoms with Crippen LogP contribution in [0.25, 0.3) is 11.1 Å². The smallest absolute Gasteiger partial charge is 0.337 e. The van der Waals surface area contributed by atoms with Gasteiger partial charge in [-0.3, -0.25) is 9.59 Å². The Bertz CT molecular complexity index is 1310. The zero-order valence-corrected chi connectivity index (χ0v) is 19.8. The molecule has 5 nitrogen and oxygen atoms in total. The summed E-state index contributed by atoms with van der Waals surface area (Å²) in [6.07, 6.45) is -3.69. The van der Waals surface area contributed by atoms with Gasteiger partial charge in [0, 0.05) is 43.8 Å². The van der Waals surface area contributed by atoms with Gasteiger partial charge in [-0.2, -0.15) is 13.2 Å². The van der Waals surface area contributed by atoms with Gasteiger partial charge in [-0.1, -0.05) is 36.4 Å². The van der Waals surface area contributed by atoms with E-state index in [4.69, 9.17) is 0 Å². The van der Waals surface area contributed by atoms with E-state index in [2.05, 4.69) is 5.32 Å². The fourth-order valence-electron chi connectivity index (χ4n) is 4.84. The van der Waals surface area contributed by atoms with Gasteiger partial charge in [-0.05, 0) is 53.9 Å². The Kier molecular flexibility index (Phi) is 6.72. The lowest BCUT2D eigenvalue weighted by Crippen LogP contribution is -2.62. The van der Waals surface area contributed by atoms with Crippen molar-refractivity contribution in [3.63, 3.8) is 0 Å². The molecule has 2 aliphatic rings. The molecule has 9 heteroatoms. The number of likely N-dealkylation sites (tertiary alicyclic amines) is 2. The quantitative estimate of drug-likeness (QED) is 0.499. The second-order valence-electron chi connectivity index (χ2n) is 9.45. The minimum absolute atomic E-state index is 0.000585. The predicted molar refractivity (Wildman–Crippen MR) is 130 cm³/mol. The summed E-state index contributed by atoms with van der Waals surface area (Å²) >= 11 is 0. The van der Waals surface area contributed by atoms with Crippen LogP contribution in [-0.4, -0.2) is 59.9 Å². The minimum Gasteiger partial charge on any atom is -0.337 e. The van der Waals surface area contributed by atoms with Gasteiger partial charge in [-0.25, -0.2) is 4.39 Å². The lowest BCUT2D eigenvalue weighted by molar-refractivity contribution is -0.137. The lowest BCUT2D eigenvalue weighted by atomic mass is 9.99. The van der Waals surface area contributed by atoms with Gasteiger partial charge in [0.1, 0.15) is 5.82 Å². The molecule has 5 rings (SSSR count). The van der Waals surface area contributed by atoms with E-state index >= 15 is 0 Å². The third-order valence-electron chi connectivity index (χ3n) is 6.86. The number of carbonyl (C=O) groups is 2. The number of halogens is 4. The topological polar surface area (TPSA) is 52.7 Å². The van der Waals surface area contributed by atoms with Crippen LogP contribution in [0.2, 0.25) is 0 Å². The maximum Gasteiger partial charge on any atom is 0.416 e. The molecule has 0 radical (unpaired) electrons. The van der Waals surface area contributed by atoms with E-state index in [1.807, 2.05) is 23.1 Å². The third-order valence-corrected chi connectivity index (χ3v) is 6.86. The van der Waals surface area contributed by atoms with Crippen molar-refractivity contribution in [3.05, 3.63) is 95.3 Å². The highest BCUT2D eigenvalue weighted by Crippen LogP contribution is 2.32. The first-order valence-electron chi connectivity index (χ1n) is 12.1. The van der Waals surface area contributed by atoms with E-state index in [1.54, 1.807) is 12.1 Å². The first kappa shape index (κ1) is 25.0. The van der Waals surface area contributed by atoms with Crippen molar-refractivity contribution in [1.82, 2.24) is 15.1 Å². The van der Waals surface area contributed by atoms with E-state index in [9.17, 15) is 27.2 Å². The largest absolute Gasteiger partial charge is 0.416 e. The Morgan fingerprint density at radius 2 is 1.49 bits per heavy atom. The highest BCUT2D eigenvalue weighted by molar-refractivity contribution is 5.96. The summed E-state index contributed by atoms with van der Waals surface area (Å²) in [5.74, 6) is -1.24. The average Bonchev–Trinajstić information content (AvgIpc) is 3.34. The van der Waals surface area contributed by atoms with Crippen LogP contribution in [0.3, 0.4) is 0 Å². The molecule has 2 saturated heterocycles. The van der Waals surface area contributed by atoms with Gasteiger partial charge in [0.25, 0.3) is 11.8 Å². The van der Waals surface area contributed by atoms with E-state index in [0.717, 1.165) is 24.6 Å². The molecule has 3 aromatic rings. The van der Waals surface area contributed by atoms with Crippen LogP contribution in [0.4, 0.5) is 17.6 Å². The second kappa shape index (κ2) is 9.97. The van der Waals surface area contributed by atoms with Gasteiger partial charge < -0.3 is 15.1 Å². The summed E-state index contributed by atoms with van der Waals surface area (Å²) in [7, 11) is 0. The molecular formula is C28H25F4N3O2. The maximum absolute atomic E-state index is 14.8. The lowest BCUT2D eigenvalue weighted by Gasteiger charge is -2.41. The molecule has 1 unspecified atom stereocenters. The van der Waals surface area contributed by atoms with Crippen LogP contribution in [0.1, 0.15) is 32.7 Å². The van der Waals surface area contributed by atoms with Crippen LogP contribution >= 0.6 is 0 Å². The van der Waals surface area contributed by atoms with Crippen molar-refractivity contribution < 1.29 is 27.2 Å². The Hall–Kier alpha value is -3.72. The summed E-state index contributed by atoms with van der Waals surface area (Å²) in [6, 6.07) is 17.8. The number of carbonyl (C=O) groups excluding carboxylic acids is 2. The molecule has 2 heterocycles. The van der Waals surface area contributed by atoms with Crippen LogP contribution in [-0.2, 0) is 6.18 Å². The number of nitrogens with zero attached hydrogens (tertiary/aromatic N) is 2. The minimum atomic E-state index is -4.50. The fraction of sp³-hybridized carbons (Fsp3) is 0.286. The average molecular weight is 512 g/mol. The molecule has 2 amide bonds. The van der Waals surface area contributed by atoms with E-state index < -0.39 is 23.5 Å². The molecule has 1 atom stereocenters. The molecule has 192 valence electrons. The monoisotopic (exact) mass is 511 g/mol. The van der Waals surface area contributed by atoms with Crippen molar-refractivity contribution >= 4 is 11.8 Å². The van der Waals surface area contributed by atoms with E-state index in [1.165, 1.54) is 29.2 Å². The molecule has 0 saturated carbocycles. The van der Waals surface area contributed by atoms with Gasteiger partial charge in [-0.15, -0.1) is 0 Å². The molecule has 37 heavy (non-hydrogen) atoms. The number of hydrogen-bond donors (Lipinski definition) is 1. The Morgan fingerprint density at radius 3 is 2.19 bits per heavy atom. The highest BCUT2D eigenvalue weighted by Gasteiger charge is 2.36. The second-order valence-corrected chi connectivity index (χ2v) is 9.45. The maximum atomic E-state index is 14.8. The van der Waals surface area contributed by atoms with Gasteiger partial charge in [0.05, 0.1) is 11.1 Å². The van der Waals surface area contributed by atoms with Crippen molar-refractivity contribution in [3.8, 4) is 11.1 Å². The molecule has 0 aliphatic carbocycles. The Morgan fingerprint density at radius 1 is 0.784 bits per heavy atom. The van der Waals surface area contributed by atoms with Gasteiger partial charge in [0.15, 0.2) is 0 Å². The SMILES string of the molecule is O=C(c1ccccc1)N1CCC(NC2CN(C(=O)c3ccc(-c4cccc(C(F)(F)F)c4)cc3F)C2)C1. The molecule has 1 N–H and O–H groups in total. The summed E-state index contributed by atoms with van der Waals surface area (Å²) in [6.45, 7) is 2.07. The number of nitrogens with one attached hydrogen (secondary N) is 1. The van der Waals surface area contributed by atoms with Crippen LogP contribution < -0.4 is 5.32 Å². The third kappa shape index (κ3) is 5.36. The number of alkyl halides is 3. The number of benzene rings is 3. The van der Waals surface area contributed by atoms with Gasteiger partial charge in [0.2, 0.25) is 0 Å². The molecule has 0 spiro atoms. The summed E-state index contributed by atoms with van der Waals surface area (Å²) < 4.78 is 53.8. The molecule has 3 aromatic carbocycles. The Balaban J connectivity index is 1.15. The summed E-state index contributed by atoms with van der Waals surface area (Å²) in [5.41, 5.74) is 0.204. The predicted octanol–water partition coefficient (Wildman–Crippen LogP) is 4.84. The van der Waals surface area contributed by atoms with Crippen molar-refractivity contribution in [2.75, 3.05) is 26.2 Å². The zero-order valence-electron chi connectivity index (χ0n) is 19.8. The van der Waals surface area contributed by atoms with Crippen LogP contribution in [0.5, 0.6) is 0 Å². The molecule has 0 aromatic heterocycles. The normalized spacial score (nSPS) is 18.1. The molecule has 2 aliphatic heterocycles. The Labute approximate surface area is 211 Å². The molecule has 2 fully saturated rings. The standard InChI is InChI=1S/C28H25F4N3O2/c29-25-14-20(19-7-4-8-21(13-19)28(30,31)32)9-10-24(25)27(37)35-16-23(17-35)33-22-11-12-34(15-22)26(36)18-5-2-1-3-6-18/h1-10,13-14,22-23,33H,11-12,15-17H2. The molecule has 0 bridgehead atoms. The van der Waals surface area contributed by atoms with Crippen molar-refractivity contribution in [2.24, 2.45) is 0 Å². The first-order valence-corrected chi connectivity index (χ1v) is 12.1. The van der Waals surface area contributed by atoms with Crippen LogP contribution in [0.15, 0.2) is 72.8 Å². The summed E-state index contributed by atoms with van der Waals surface area (Å²) in [5, 5.41) is 3.48. The molecular weight excluding hydrogens is 486 g/mol. The highest BCUT2D eigenvalue weighted by atomic mass is 19.4. The summed E-state index contributed by atoms with van der Waals surface area (Å²) in [4.78, 5) is 28.8.